The molecule has 3 aromatic rings. The number of likely N-dealkylation sites (N-methyl/N-ethyl adjacent to an activating group) is 1. The minimum absolute atomic E-state index is 0.0237. The van der Waals surface area contributed by atoms with Crippen LogP contribution in [0.15, 0.2) is 66.7 Å². The minimum Gasteiger partial charge on any atom is -0.469 e. The van der Waals surface area contributed by atoms with Crippen molar-refractivity contribution in [2.24, 2.45) is 5.92 Å². The number of alkyl halides is 3. The van der Waals surface area contributed by atoms with Crippen LogP contribution in [-0.4, -0.2) is 81.7 Å². The lowest BCUT2D eigenvalue weighted by Crippen LogP contribution is -2.56. The van der Waals surface area contributed by atoms with Crippen LogP contribution in [0.4, 0.5) is 18.0 Å². The number of esters is 1. The topological polar surface area (TPSA) is 158 Å². The van der Waals surface area contributed by atoms with E-state index in [9.17, 15) is 37.1 Å². The van der Waals surface area contributed by atoms with Crippen molar-refractivity contribution in [3.63, 3.8) is 0 Å². The summed E-state index contributed by atoms with van der Waals surface area (Å²) in [5.74, 6) is -4.13. The molecule has 52 heavy (non-hydrogen) atoms. The van der Waals surface area contributed by atoms with E-state index in [4.69, 9.17) is 14.2 Å². The molecule has 0 aliphatic heterocycles. The number of aromatic nitrogens is 2. The summed E-state index contributed by atoms with van der Waals surface area (Å²) >= 11 is 0. The maximum Gasteiger partial charge on any atom is 0.435 e. The maximum absolute atomic E-state index is 13.5. The van der Waals surface area contributed by atoms with Crippen LogP contribution in [-0.2, 0) is 41.4 Å². The zero-order valence-electron chi connectivity index (χ0n) is 30.0. The van der Waals surface area contributed by atoms with Gasteiger partial charge in [0.15, 0.2) is 18.1 Å². The van der Waals surface area contributed by atoms with Crippen LogP contribution in [0.5, 0.6) is 5.88 Å². The number of amides is 3. The molecule has 3 rings (SSSR count). The molecule has 3 amide bonds. The quantitative estimate of drug-likeness (QED) is 0.209. The second kappa shape index (κ2) is 17.7. The van der Waals surface area contributed by atoms with Gasteiger partial charge in [0.05, 0.1) is 12.1 Å². The molecule has 16 heteroatoms. The van der Waals surface area contributed by atoms with E-state index in [-0.39, 0.29) is 12.3 Å². The third-order valence-corrected chi connectivity index (χ3v) is 7.39. The molecule has 0 aliphatic carbocycles. The molecule has 0 saturated heterocycles. The fourth-order valence-electron chi connectivity index (χ4n) is 4.92. The van der Waals surface area contributed by atoms with Crippen molar-refractivity contribution in [2.45, 2.75) is 84.5 Å². The van der Waals surface area contributed by atoms with E-state index in [1.54, 1.807) is 77.1 Å². The highest BCUT2D eigenvalue weighted by molar-refractivity contribution is 5.96. The number of benzene rings is 2. The van der Waals surface area contributed by atoms with Crippen LogP contribution < -0.4 is 15.4 Å². The van der Waals surface area contributed by atoms with Gasteiger partial charge < -0.3 is 24.8 Å². The first-order chi connectivity index (χ1) is 24.3. The standard InChI is InChI=1S/C36H44F3N5O8/c1-22(2)31(43(7)34(49)51-20-24-14-10-8-11-15-24)33(48)40-23(3)32(47)41-26(18-30(46)52-35(4,5)6)27(45)21-50-29-19-28(36(37,38)39)42-44(29)25-16-12-9-13-17-25/h8-17,19,22-23,26,31H,18,20-21H2,1-7H3,(H,40,48)(H,41,47)/t23-,26-,31-/m0/s1. The number of carbonyl (C=O) groups is 5. The average molecular weight is 732 g/mol. The van der Waals surface area contributed by atoms with Crippen LogP contribution in [0.2, 0.25) is 0 Å². The predicted molar refractivity (Wildman–Crippen MR) is 182 cm³/mol. The fraction of sp³-hybridized carbons (Fsp3) is 0.444. The van der Waals surface area contributed by atoms with Gasteiger partial charge in [-0.25, -0.2) is 9.48 Å². The fourth-order valence-corrected chi connectivity index (χ4v) is 4.92. The molecule has 1 aromatic heterocycles. The summed E-state index contributed by atoms with van der Waals surface area (Å²) in [5, 5.41) is 8.52. The van der Waals surface area contributed by atoms with Gasteiger partial charge in [0.2, 0.25) is 17.7 Å². The number of ketones is 1. The normalized spacial score (nSPS) is 13.4. The molecule has 282 valence electrons. The van der Waals surface area contributed by atoms with Gasteiger partial charge in [-0.2, -0.15) is 18.3 Å². The Morgan fingerprint density at radius 2 is 1.48 bits per heavy atom. The maximum atomic E-state index is 13.5. The molecule has 1 heterocycles. The van der Waals surface area contributed by atoms with Crippen LogP contribution in [0, 0.1) is 5.92 Å². The Balaban J connectivity index is 1.74. The number of hydrogen-bond donors (Lipinski definition) is 2. The zero-order valence-corrected chi connectivity index (χ0v) is 30.0. The summed E-state index contributed by atoms with van der Waals surface area (Å²) in [7, 11) is 1.39. The Hall–Kier alpha value is -5.41. The Bertz CT molecular complexity index is 1690. The highest BCUT2D eigenvalue weighted by Crippen LogP contribution is 2.32. The summed E-state index contributed by atoms with van der Waals surface area (Å²) in [5.41, 5.74) is -1.24. The van der Waals surface area contributed by atoms with Crippen LogP contribution >= 0.6 is 0 Å². The molecule has 0 aliphatic rings. The van der Waals surface area contributed by atoms with E-state index < -0.39 is 90.1 Å². The molecule has 0 fully saturated rings. The lowest BCUT2D eigenvalue weighted by atomic mass is 10.0. The van der Waals surface area contributed by atoms with Gasteiger partial charge >= 0.3 is 18.2 Å². The summed E-state index contributed by atoms with van der Waals surface area (Å²) in [6.07, 6.45) is -6.24. The number of nitrogens with zero attached hydrogens (tertiary/aromatic N) is 3. The van der Waals surface area contributed by atoms with Crippen molar-refractivity contribution in [3.05, 3.63) is 78.0 Å². The van der Waals surface area contributed by atoms with E-state index in [2.05, 4.69) is 15.7 Å². The molecule has 13 nitrogen and oxygen atoms in total. The smallest absolute Gasteiger partial charge is 0.435 e. The molecule has 0 bridgehead atoms. The van der Waals surface area contributed by atoms with Gasteiger partial charge in [-0.1, -0.05) is 62.4 Å². The van der Waals surface area contributed by atoms with Crippen LogP contribution in [0.25, 0.3) is 5.69 Å². The van der Waals surface area contributed by atoms with E-state index in [1.165, 1.54) is 26.1 Å². The van der Waals surface area contributed by atoms with Gasteiger partial charge in [0, 0.05) is 13.1 Å². The molecule has 0 radical (unpaired) electrons. The lowest BCUT2D eigenvalue weighted by molar-refractivity contribution is -0.156. The molecule has 0 unspecified atom stereocenters. The zero-order chi connectivity index (χ0) is 38.8. The van der Waals surface area contributed by atoms with E-state index in [0.717, 1.165) is 15.1 Å². The Morgan fingerprint density at radius 1 is 0.885 bits per heavy atom. The largest absolute Gasteiger partial charge is 0.469 e. The first kappa shape index (κ1) is 41.0. The van der Waals surface area contributed by atoms with Crippen molar-refractivity contribution < 1.29 is 51.4 Å². The molecular formula is C36H44F3N5O8. The van der Waals surface area contributed by atoms with Crippen LogP contribution in [0.3, 0.4) is 0 Å². The highest BCUT2D eigenvalue weighted by Gasteiger charge is 2.37. The third kappa shape index (κ3) is 12.1. The molecule has 0 saturated carbocycles. The summed E-state index contributed by atoms with van der Waals surface area (Å²) in [4.78, 5) is 66.8. The Labute approximate surface area is 299 Å². The number of carbonyl (C=O) groups excluding carboxylic acids is 5. The highest BCUT2D eigenvalue weighted by atomic mass is 19.4. The molecule has 0 spiro atoms. The number of para-hydroxylation sites is 1. The van der Waals surface area contributed by atoms with Crippen molar-refractivity contribution in [1.82, 2.24) is 25.3 Å². The summed E-state index contributed by atoms with van der Waals surface area (Å²) < 4.78 is 57.6. The predicted octanol–water partition coefficient (Wildman–Crippen LogP) is 4.85. The molecule has 3 atom stereocenters. The second-order valence-corrected chi connectivity index (χ2v) is 13.3. The molecule has 2 N–H and O–H groups in total. The van der Waals surface area contributed by atoms with Gasteiger partial charge in [0.1, 0.15) is 30.3 Å². The third-order valence-electron chi connectivity index (χ3n) is 7.39. The van der Waals surface area contributed by atoms with Gasteiger partial charge in [-0.05, 0) is 51.3 Å². The summed E-state index contributed by atoms with van der Waals surface area (Å²) in [6.45, 7) is 8.65. The van der Waals surface area contributed by atoms with E-state index >= 15 is 0 Å². The second-order valence-electron chi connectivity index (χ2n) is 13.3. The number of hydrogen-bond acceptors (Lipinski definition) is 9. The van der Waals surface area contributed by atoms with Gasteiger partial charge in [-0.3, -0.25) is 24.1 Å². The number of ether oxygens (including phenoxy) is 3. The number of nitrogens with one attached hydrogen (secondary N) is 2. The Kier molecular flexibility index (Phi) is 14.0. The van der Waals surface area contributed by atoms with Crippen molar-refractivity contribution >= 4 is 29.7 Å². The van der Waals surface area contributed by atoms with Gasteiger partial charge in [-0.15, -0.1) is 0 Å². The monoisotopic (exact) mass is 731 g/mol. The van der Waals surface area contributed by atoms with Gasteiger partial charge in [0.25, 0.3) is 0 Å². The van der Waals surface area contributed by atoms with Crippen LogP contribution in [0.1, 0.15) is 59.2 Å². The average Bonchev–Trinajstić information content (AvgIpc) is 3.51. The Morgan fingerprint density at radius 3 is 2.04 bits per heavy atom. The molecule has 2 aromatic carbocycles. The summed E-state index contributed by atoms with van der Waals surface area (Å²) in [6, 6.07) is 13.4. The van der Waals surface area contributed by atoms with E-state index in [0.29, 0.717) is 6.07 Å². The van der Waals surface area contributed by atoms with Crippen molar-refractivity contribution in [2.75, 3.05) is 13.7 Å². The minimum atomic E-state index is -4.82. The van der Waals surface area contributed by atoms with E-state index in [1.807, 2.05) is 6.07 Å². The SMILES string of the molecule is CC(C)[C@@H](C(=O)N[C@@H](C)C(=O)N[C@@H](CC(=O)OC(C)(C)C)C(=O)COc1cc(C(F)(F)F)nn1-c1ccccc1)N(C)C(=O)OCc1ccccc1. The number of rotatable bonds is 15. The first-order valence-electron chi connectivity index (χ1n) is 16.4. The number of Topliss-reactive ketones (excluding diaryl/α,β-unsaturated/α-hetero) is 1. The first-order valence-corrected chi connectivity index (χ1v) is 16.4. The molecular weight excluding hydrogens is 687 g/mol. The number of halogens is 3. The lowest BCUT2D eigenvalue weighted by Gasteiger charge is -2.30. The van der Waals surface area contributed by atoms with Crippen molar-refractivity contribution in [3.8, 4) is 11.6 Å². The van der Waals surface area contributed by atoms with Crippen molar-refractivity contribution in [1.29, 1.82) is 0 Å².